The van der Waals surface area contributed by atoms with Crippen molar-refractivity contribution in [3.63, 3.8) is 0 Å². The van der Waals surface area contributed by atoms with Crippen molar-refractivity contribution in [2.45, 2.75) is 44.0 Å². The number of nitrogens with zero attached hydrogens (tertiary/aromatic N) is 2. The highest BCUT2D eigenvalue weighted by Crippen LogP contribution is 2.34. The fourth-order valence-corrected chi connectivity index (χ4v) is 5.86. The monoisotopic (exact) mass is 384 g/mol. The lowest BCUT2D eigenvalue weighted by Crippen LogP contribution is -2.36. The van der Waals surface area contributed by atoms with E-state index < -0.39 is 10.0 Å². The first-order valence-electron chi connectivity index (χ1n) is 9.42. The van der Waals surface area contributed by atoms with Crippen LogP contribution in [0.1, 0.15) is 41.3 Å². The molecule has 1 fully saturated rings. The van der Waals surface area contributed by atoms with Gasteiger partial charge in [0.25, 0.3) is 5.91 Å². The maximum Gasteiger partial charge on any atom is 0.258 e. The summed E-state index contributed by atoms with van der Waals surface area (Å²) < 4.78 is 27.6. The second kappa shape index (κ2) is 6.77. The van der Waals surface area contributed by atoms with Crippen LogP contribution in [0.25, 0.3) is 0 Å². The molecule has 0 unspecified atom stereocenters. The van der Waals surface area contributed by atoms with Crippen molar-refractivity contribution in [3.8, 4) is 0 Å². The Hall–Kier alpha value is -2.18. The van der Waals surface area contributed by atoms with Crippen LogP contribution in [0.4, 0.5) is 5.69 Å². The van der Waals surface area contributed by atoms with Gasteiger partial charge in [0.05, 0.1) is 4.90 Å². The highest BCUT2D eigenvalue weighted by Gasteiger charge is 2.33. The molecule has 2 aromatic rings. The minimum Gasteiger partial charge on any atom is -0.305 e. The summed E-state index contributed by atoms with van der Waals surface area (Å²) in [7, 11) is -3.56. The molecule has 2 aliphatic rings. The van der Waals surface area contributed by atoms with Crippen molar-refractivity contribution < 1.29 is 13.2 Å². The van der Waals surface area contributed by atoms with Crippen LogP contribution < -0.4 is 4.90 Å². The molecule has 2 aromatic carbocycles. The van der Waals surface area contributed by atoms with Crippen molar-refractivity contribution in [1.29, 1.82) is 0 Å². The van der Waals surface area contributed by atoms with E-state index in [0.717, 1.165) is 30.5 Å². The number of sulfonamides is 1. The van der Waals surface area contributed by atoms with E-state index in [1.807, 2.05) is 31.2 Å². The van der Waals surface area contributed by atoms with Crippen molar-refractivity contribution in [2.24, 2.45) is 0 Å². The largest absolute Gasteiger partial charge is 0.305 e. The second-order valence-corrected chi connectivity index (χ2v) is 9.35. The topological polar surface area (TPSA) is 57.7 Å². The van der Waals surface area contributed by atoms with Crippen molar-refractivity contribution in [2.75, 3.05) is 18.0 Å². The van der Waals surface area contributed by atoms with Gasteiger partial charge < -0.3 is 4.90 Å². The lowest BCUT2D eigenvalue weighted by Gasteiger charge is -2.24. The van der Waals surface area contributed by atoms with Crippen LogP contribution in [0.2, 0.25) is 0 Å². The molecule has 0 saturated carbocycles. The van der Waals surface area contributed by atoms with E-state index in [0.29, 0.717) is 24.2 Å². The Balaban J connectivity index is 1.72. The number of amides is 1. The third-order valence-electron chi connectivity index (χ3n) is 5.54. The third-order valence-corrected chi connectivity index (χ3v) is 7.58. The molecule has 0 radical (unpaired) electrons. The standard InChI is InChI=1S/C21H24N2O3S/c1-15-9-10-18(14-20(15)27(25,26)22-11-5-6-12-22)21(24)23-16(2)13-17-7-3-4-8-19(17)23/h3-4,7-10,14,16H,5-6,11-13H2,1-2H3/t16-/m0/s1. The van der Waals surface area contributed by atoms with Crippen LogP contribution in [0.15, 0.2) is 47.4 Å². The van der Waals surface area contributed by atoms with Crippen LogP contribution in [0.5, 0.6) is 0 Å². The average molecular weight is 385 g/mol. The number of hydrogen-bond acceptors (Lipinski definition) is 3. The molecule has 1 saturated heterocycles. The SMILES string of the molecule is Cc1ccc(C(=O)N2c3ccccc3C[C@@H]2C)cc1S(=O)(=O)N1CCCC1. The molecule has 0 spiro atoms. The lowest BCUT2D eigenvalue weighted by molar-refractivity contribution is 0.0981. The van der Waals surface area contributed by atoms with Crippen molar-refractivity contribution >= 4 is 21.6 Å². The van der Waals surface area contributed by atoms with E-state index in [1.165, 1.54) is 4.31 Å². The first-order valence-corrected chi connectivity index (χ1v) is 10.9. The fourth-order valence-electron chi connectivity index (χ4n) is 4.09. The van der Waals surface area contributed by atoms with E-state index >= 15 is 0 Å². The number of rotatable bonds is 3. The number of fused-ring (bicyclic) bond motifs is 1. The molecule has 0 bridgehead atoms. The zero-order valence-corrected chi connectivity index (χ0v) is 16.5. The van der Waals surface area contributed by atoms with E-state index in [1.54, 1.807) is 30.0 Å². The highest BCUT2D eigenvalue weighted by molar-refractivity contribution is 7.89. The minimum atomic E-state index is -3.56. The predicted octanol–water partition coefficient (Wildman–Crippen LogP) is 3.37. The molecule has 2 aliphatic heterocycles. The molecule has 1 amide bonds. The molecule has 0 aromatic heterocycles. The van der Waals surface area contributed by atoms with Gasteiger partial charge in [-0.15, -0.1) is 0 Å². The fraction of sp³-hybridized carbons (Fsp3) is 0.381. The quantitative estimate of drug-likeness (QED) is 0.815. The number of anilines is 1. The molecule has 0 aliphatic carbocycles. The summed E-state index contributed by atoms with van der Waals surface area (Å²) in [6.07, 6.45) is 2.59. The van der Waals surface area contributed by atoms with Gasteiger partial charge >= 0.3 is 0 Å². The summed E-state index contributed by atoms with van der Waals surface area (Å²) in [4.78, 5) is 15.3. The van der Waals surface area contributed by atoms with Gasteiger partial charge in [-0.25, -0.2) is 8.42 Å². The molecule has 142 valence electrons. The first-order chi connectivity index (χ1) is 12.9. The number of hydrogen-bond donors (Lipinski definition) is 0. The van der Waals surface area contributed by atoms with Gasteiger partial charge in [-0.3, -0.25) is 4.79 Å². The summed E-state index contributed by atoms with van der Waals surface area (Å²) in [5.74, 6) is -0.148. The van der Waals surface area contributed by atoms with E-state index in [-0.39, 0.29) is 16.8 Å². The summed E-state index contributed by atoms with van der Waals surface area (Å²) in [6, 6.07) is 13.0. The Morgan fingerprint density at radius 1 is 1.07 bits per heavy atom. The normalized spacial score (nSPS) is 20.1. The Morgan fingerprint density at radius 2 is 1.78 bits per heavy atom. The van der Waals surface area contributed by atoms with Gasteiger partial charge in [-0.2, -0.15) is 4.31 Å². The number of carbonyl (C=O) groups is 1. The number of carbonyl (C=O) groups excluding carboxylic acids is 1. The molecule has 4 rings (SSSR count). The zero-order chi connectivity index (χ0) is 19.2. The Bertz CT molecular complexity index is 994. The molecule has 5 nitrogen and oxygen atoms in total. The number of benzene rings is 2. The van der Waals surface area contributed by atoms with E-state index in [9.17, 15) is 13.2 Å². The van der Waals surface area contributed by atoms with Crippen molar-refractivity contribution in [3.05, 3.63) is 59.2 Å². The van der Waals surface area contributed by atoms with Gasteiger partial charge in [0.1, 0.15) is 0 Å². The van der Waals surface area contributed by atoms with Gasteiger partial charge in [-0.05, 0) is 62.4 Å². The predicted molar refractivity (Wildman–Crippen MR) is 106 cm³/mol. The minimum absolute atomic E-state index is 0.0508. The Morgan fingerprint density at radius 3 is 2.52 bits per heavy atom. The lowest BCUT2D eigenvalue weighted by atomic mass is 10.1. The first kappa shape index (κ1) is 18.2. The van der Waals surface area contributed by atoms with E-state index in [2.05, 4.69) is 0 Å². The molecule has 2 heterocycles. The van der Waals surface area contributed by atoms with Gasteiger partial charge in [-0.1, -0.05) is 24.3 Å². The third kappa shape index (κ3) is 3.07. The van der Waals surface area contributed by atoms with Gasteiger partial charge in [0.15, 0.2) is 0 Å². The molecular weight excluding hydrogens is 360 g/mol. The molecular formula is C21H24N2O3S. The zero-order valence-electron chi connectivity index (χ0n) is 15.7. The summed E-state index contributed by atoms with van der Waals surface area (Å²) in [5.41, 5.74) is 3.16. The van der Waals surface area contributed by atoms with Crippen LogP contribution >= 0.6 is 0 Å². The van der Waals surface area contributed by atoms with E-state index in [4.69, 9.17) is 0 Å². The molecule has 27 heavy (non-hydrogen) atoms. The van der Waals surface area contributed by atoms with Crippen molar-refractivity contribution in [1.82, 2.24) is 4.31 Å². The van der Waals surface area contributed by atoms with Gasteiger partial charge in [0.2, 0.25) is 10.0 Å². The second-order valence-electron chi connectivity index (χ2n) is 7.45. The Kier molecular flexibility index (Phi) is 4.56. The van der Waals surface area contributed by atoms with Gasteiger partial charge in [0, 0.05) is 30.4 Å². The summed E-state index contributed by atoms with van der Waals surface area (Å²) in [5, 5.41) is 0. The number of para-hydroxylation sites is 1. The van der Waals surface area contributed by atoms with Crippen LogP contribution in [0.3, 0.4) is 0 Å². The van der Waals surface area contributed by atoms with Crippen LogP contribution in [0, 0.1) is 6.92 Å². The van der Waals surface area contributed by atoms with Crippen LogP contribution in [-0.2, 0) is 16.4 Å². The Labute approximate surface area is 160 Å². The highest BCUT2D eigenvalue weighted by atomic mass is 32.2. The maximum atomic E-state index is 13.2. The number of aryl methyl sites for hydroxylation is 1. The summed E-state index contributed by atoms with van der Waals surface area (Å²) >= 11 is 0. The maximum absolute atomic E-state index is 13.2. The smallest absolute Gasteiger partial charge is 0.258 e. The summed E-state index contributed by atoms with van der Waals surface area (Å²) in [6.45, 7) is 4.91. The van der Waals surface area contributed by atoms with Crippen LogP contribution in [-0.4, -0.2) is 37.8 Å². The molecule has 6 heteroatoms. The molecule has 1 atom stereocenters. The molecule has 0 N–H and O–H groups in total. The average Bonchev–Trinajstić information content (AvgIpc) is 3.29.